The van der Waals surface area contributed by atoms with Gasteiger partial charge in [0, 0.05) is 31.2 Å². The van der Waals surface area contributed by atoms with Gasteiger partial charge >= 0.3 is 0 Å². The van der Waals surface area contributed by atoms with Crippen molar-refractivity contribution in [1.29, 1.82) is 0 Å². The number of anilines is 2. The van der Waals surface area contributed by atoms with Gasteiger partial charge in [0.1, 0.15) is 5.82 Å². The Labute approximate surface area is 218 Å². The number of nitrogens with one attached hydrogen (secondary N) is 2. The van der Waals surface area contributed by atoms with E-state index in [4.69, 9.17) is 4.98 Å². The number of hydrogen-bond acceptors (Lipinski definition) is 6. The van der Waals surface area contributed by atoms with Gasteiger partial charge in [-0.2, -0.15) is 0 Å². The SMILES string of the molecule is CC(=O)Cl.CC(=O)Nc1nc(-c2cc(C)cc(C)c2)c(-c2ccnc(NC(=O)c3ccccc3)c2)s1. The summed E-state index contributed by atoms with van der Waals surface area (Å²) in [5.74, 6) is 0.0352. The van der Waals surface area contributed by atoms with E-state index in [1.165, 1.54) is 25.2 Å². The summed E-state index contributed by atoms with van der Waals surface area (Å²) in [6.45, 7) is 6.84. The summed E-state index contributed by atoms with van der Waals surface area (Å²) >= 11 is 6.02. The number of aryl methyl sites for hydroxylation is 2. The van der Waals surface area contributed by atoms with E-state index in [1.54, 1.807) is 18.3 Å². The number of amides is 2. The van der Waals surface area contributed by atoms with Crippen LogP contribution in [0.1, 0.15) is 35.3 Å². The van der Waals surface area contributed by atoms with Gasteiger partial charge in [-0.05, 0) is 67.4 Å². The number of halogens is 1. The average molecular weight is 521 g/mol. The van der Waals surface area contributed by atoms with Gasteiger partial charge in [-0.25, -0.2) is 9.97 Å². The van der Waals surface area contributed by atoms with Gasteiger partial charge < -0.3 is 10.6 Å². The third-order valence-corrected chi connectivity index (χ3v) is 5.72. The maximum Gasteiger partial charge on any atom is 0.256 e. The molecule has 2 aromatic heterocycles. The molecular weight excluding hydrogens is 496 g/mol. The van der Waals surface area contributed by atoms with Crippen LogP contribution < -0.4 is 10.6 Å². The van der Waals surface area contributed by atoms with Crippen LogP contribution in [0.5, 0.6) is 0 Å². The van der Waals surface area contributed by atoms with Crippen molar-refractivity contribution in [2.24, 2.45) is 0 Å². The highest BCUT2D eigenvalue weighted by atomic mass is 35.5. The number of nitrogens with zero attached hydrogens (tertiary/aromatic N) is 2. The molecule has 4 rings (SSSR count). The van der Waals surface area contributed by atoms with E-state index in [-0.39, 0.29) is 17.1 Å². The van der Waals surface area contributed by atoms with Crippen LogP contribution in [-0.4, -0.2) is 27.0 Å². The summed E-state index contributed by atoms with van der Waals surface area (Å²) in [6.07, 6.45) is 1.65. The van der Waals surface area contributed by atoms with E-state index < -0.39 is 0 Å². The van der Waals surface area contributed by atoms with Crippen LogP contribution in [0.15, 0.2) is 66.9 Å². The molecule has 0 radical (unpaired) electrons. The van der Waals surface area contributed by atoms with E-state index in [9.17, 15) is 14.4 Å². The number of pyridine rings is 1. The van der Waals surface area contributed by atoms with Gasteiger partial charge in [0.2, 0.25) is 11.1 Å². The molecule has 0 aliphatic heterocycles. The first kappa shape index (κ1) is 26.7. The summed E-state index contributed by atoms with van der Waals surface area (Å²) in [4.78, 5) is 43.3. The smallest absolute Gasteiger partial charge is 0.256 e. The Bertz CT molecular complexity index is 1380. The maximum absolute atomic E-state index is 12.5. The zero-order chi connectivity index (χ0) is 26.2. The summed E-state index contributed by atoms with van der Waals surface area (Å²) < 4.78 is 0. The second-order valence-corrected chi connectivity index (χ2v) is 9.51. The van der Waals surface area contributed by atoms with Crippen LogP contribution >= 0.6 is 22.9 Å². The lowest BCUT2D eigenvalue weighted by Gasteiger charge is -2.08. The molecule has 0 saturated heterocycles. The number of rotatable bonds is 5. The lowest BCUT2D eigenvalue weighted by atomic mass is 10.0. The molecule has 0 aliphatic carbocycles. The highest BCUT2D eigenvalue weighted by molar-refractivity contribution is 7.19. The second kappa shape index (κ2) is 12.2. The Morgan fingerprint density at radius 1 is 0.861 bits per heavy atom. The first-order valence-corrected chi connectivity index (χ1v) is 12.2. The van der Waals surface area contributed by atoms with Crippen LogP contribution in [0.4, 0.5) is 10.9 Å². The molecule has 0 aliphatic rings. The molecule has 4 aromatic rings. The van der Waals surface area contributed by atoms with Crippen molar-refractivity contribution in [2.75, 3.05) is 10.6 Å². The highest BCUT2D eigenvalue weighted by Crippen LogP contribution is 2.40. The normalized spacial score (nSPS) is 10.1. The zero-order valence-electron chi connectivity index (χ0n) is 20.3. The van der Waals surface area contributed by atoms with Gasteiger partial charge in [0.15, 0.2) is 5.13 Å². The fraction of sp³-hybridized carbons (Fsp3) is 0.148. The molecule has 0 unspecified atom stereocenters. The number of thiazole rings is 1. The van der Waals surface area contributed by atoms with E-state index >= 15 is 0 Å². The average Bonchev–Trinajstić information content (AvgIpc) is 3.22. The molecule has 2 amide bonds. The number of aromatic nitrogens is 2. The molecule has 0 atom stereocenters. The Kier molecular flexibility index (Phi) is 9.05. The minimum absolute atomic E-state index is 0.178. The van der Waals surface area contributed by atoms with Crippen molar-refractivity contribution in [3.05, 3.63) is 83.6 Å². The molecular formula is C27H25ClN4O3S. The summed E-state index contributed by atoms with van der Waals surface area (Å²) in [6, 6.07) is 18.9. The monoisotopic (exact) mass is 520 g/mol. The summed E-state index contributed by atoms with van der Waals surface area (Å²) in [5, 5.41) is 5.80. The van der Waals surface area contributed by atoms with Crippen molar-refractivity contribution in [1.82, 2.24) is 9.97 Å². The third kappa shape index (κ3) is 7.56. The van der Waals surface area contributed by atoms with Gasteiger partial charge in [0.25, 0.3) is 5.91 Å². The number of hydrogen-bond donors (Lipinski definition) is 2. The molecule has 7 nitrogen and oxygen atoms in total. The van der Waals surface area contributed by atoms with Crippen molar-refractivity contribution in [3.63, 3.8) is 0 Å². The van der Waals surface area contributed by atoms with Crippen LogP contribution in [0.25, 0.3) is 21.7 Å². The van der Waals surface area contributed by atoms with Gasteiger partial charge in [-0.3, -0.25) is 14.4 Å². The van der Waals surface area contributed by atoms with Crippen LogP contribution in [0.2, 0.25) is 0 Å². The molecule has 2 aromatic carbocycles. The number of carbonyl (C=O) groups excluding carboxylic acids is 3. The molecule has 2 N–H and O–H groups in total. The molecule has 0 fully saturated rings. The molecule has 0 bridgehead atoms. The molecule has 0 spiro atoms. The number of carbonyl (C=O) groups is 3. The second-order valence-electron chi connectivity index (χ2n) is 7.97. The van der Waals surface area contributed by atoms with E-state index in [0.717, 1.165) is 32.8 Å². The van der Waals surface area contributed by atoms with E-state index in [0.29, 0.717) is 16.5 Å². The summed E-state index contributed by atoms with van der Waals surface area (Å²) in [5.41, 5.74) is 5.42. The van der Waals surface area contributed by atoms with Crippen LogP contribution in [-0.2, 0) is 9.59 Å². The van der Waals surface area contributed by atoms with Gasteiger partial charge in [-0.15, -0.1) is 0 Å². The Morgan fingerprint density at radius 3 is 2.11 bits per heavy atom. The molecule has 184 valence electrons. The van der Waals surface area contributed by atoms with Crippen molar-refractivity contribution < 1.29 is 14.4 Å². The van der Waals surface area contributed by atoms with Crippen LogP contribution in [0, 0.1) is 13.8 Å². The van der Waals surface area contributed by atoms with Crippen molar-refractivity contribution in [3.8, 4) is 21.7 Å². The minimum Gasteiger partial charge on any atom is -0.307 e. The maximum atomic E-state index is 12.5. The standard InChI is InChI=1S/C25H22N4O2S.C2H3ClO/c1-15-11-16(2)13-20(12-15)22-23(32-25(29-22)27-17(3)30)19-9-10-26-21(14-19)28-24(31)18-7-5-4-6-8-18;1-2(3)4/h4-14H,1-3H3,(H,26,28,31)(H,27,29,30);1H3. The lowest BCUT2D eigenvalue weighted by molar-refractivity contribution is -0.114. The lowest BCUT2D eigenvalue weighted by Crippen LogP contribution is -2.12. The fourth-order valence-corrected chi connectivity index (χ4v) is 4.48. The number of benzene rings is 2. The highest BCUT2D eigenvalue weighted by Gasteiger charge is 2.17. The molecule has 2 heterocycles. The summed E-state index contributed by atoms with van der Waals surface area (Å²) in [7, 11) is 0. The fourth-order valence-electron chi connectivity index (χ4n) is 3.45. The van der Waals surface area contributed by atoms with Crippen molar-refractivity contribution in [2.45, 2.75) is 27.7 Å². The Balaban J connectivity index is 0.000000840. The zero-order valence-corrected chi connectivity index (χ0v) is 21.8. The minimum atomic E-state index is -0.361. The first-order chi connectivity index (χ1) is 17.1. The van der Waals surface area contributed by atoms with Gasteiger partial charge in [0.05, 0.1) is 10.6 Å². The molecule has 9 heteroatoms. The van der Waals surface area contributed by atoms with Crippen molar-refractivity contribution >= 4 is 50.9 Å². The topological polar surface area (TPSA) is 101 Å². The quantitative estimate of drug-likeness (QED) is 0.293. The van der Waals surface area contributed by atoms with Gasteiger partial charge in [-0.1, -0.05) is 46.7 Å². The largest absolute Gasteiger partial charge is 0.307 e. The predicted octanol–water partition coefficient (Wildman–Crippen LogP) is 6.47. The Hall–Kier alpha value is -3.88. The first-order valence-electron chi connectivity index (χ1n) is 11.0. The van der Waals surface area contributed by atoms with Crippen LogP contribution in [0.3, 0.4) is 0 Å². The third-order valence-electron chi connectivity index (χ3n) is 4.70. The molecule has 36 heavy (non-hydrogen) atoms. The Morgan fingerprint density at radius 2 is 1.50 bits per heavy atom. The predicted molar refractivity (Wildman–Crippen MR) is 145 cm³/mol. The van der Waals surface area contributed by atoms with E-state index in [1.807, 2.05) is 44.2 Å². The van der Waals surface area contributed by atoms with E-state index in [2.05, 4.69) is 45.4 Å². The molecule has 0 saturated carbocycles.